The van der Waals surface area contributed by atoms with Crippen molar-refractivity contribution in [1.29, 1.82) is 0 Å². The van der Waals surface area contributed by atoms with E-state index >= 15 is 0 Å². The molecule has 0 aromatic heterocycles. The Bertz CT molecular complexity index is 559. The van der Waals surface area contributed by atoms with Crippen LogP contribution in [0, 0.1) is 5.92 Å². The van der Waals surface area contributed by atoms with E-state index in [-0.39, 0.29) is 16.0 Å². The van der Waals surface area contributed by atoms with E-state index in [9.17, 15) is 8.42 Å². The summed E-state index contributed by atoms with van der Waals surface area (Å²) in [6.07, 6.45) is 4.62. The van der Waals surface area contributed by atoms with Crippen molar-refractivity contribution in [3.63, 3.8) is 0 Å². The Morgan fingerprint density at radius 3 is 2.65 bits per heavy atom. The van der Waals surface area contributed by atoms with Crippen molar-refractivity contribution in [2.75, 3.05) is 0 Å². The summed E-state index contributed by atoms with van der Waals surface area (Å²) in [4.78, 5) is 0.222. The van der Waals surface area contributed by atoms with Gasteiger partial charge in [-0.25, -0.2) is 8.42 Å². The van der Waals surface area contributed by atoms with E-state index in [1.807, 2.05) is 0 Å². The molecule has 0 radical (unpaired) electrons. The van der Waals surface area contributed by atoms with E-state index in [0.29, 0.717) is 12.3 Å². The molecule has 0 aliphatic heterocycles. The van der Waals surface area contributed by atoms with Crippen molar-refractivity contribution in [2.45, 2.75) is 55.2 Å². The third-order valence-corrected chi connectivity index (χ3v) is 6.94. The number of rotatable bonds is 4. The van der Waals surface area contributed by atoms with Crippen LogP contribution in [0.2, 0.25) is 5.02 Å². The molecule has 1 aliphatic rings. The molecule has 0 heterocycles. The van der Waals surface area contributed by atoms with Gasteiger partial charge in [0, 0.05) is 6.04 Å². The van der Waals surface area contributed by atoms with Crippen LogP contribution in [0.5, 0.6) is 0 Å². The molecule has 0 amide bonds. The van der Waals surface area contributed by atoms with Gasteiger partial charge in [-0.3, -0.25) is 0 Å². The highest BCUT2D eigenvalue weighted by Gasteiger charge is 2.38. The maximum atomic E-state index is 12.8. The number of hydrogen-bond acceptors (Lipinski definition) is 3. The Labute approximate surface area is 126 Å². The summed E-state index contributed by atoms with van der Waals surface area (Å²) in [5.74, 6) is 0.460. The minimum absolute atomic E-state index is 0.222. The normalized spacial score (nSPS) is 27.4. The summed E-state index contributed by atoms with van der Waals surface area (Å²) >= 11 is 6.05. The maximum absolute atomic E-state index is 12.8. The average molecular weight is 316 g/mol. The van der Waals surface area contributed by atoms with Gasteiger partial charge in [-0.15, -0.1) is 0 Å². The minimum atomic E-state index is -3.45. The third kappa shape index (κ3) is 3.18. The predicted molar refractivity (Wildman–Crippen MR) is 82.7 cm³/mol. The number of hydrogen-bond donors (Lipinski definition) is 1. The standard InChI is InChI=1S/C15H22ClNO2S/c1-2-5-11-8-9-13(17)15(10-11)20(18,19)14-7-4-3-6-12(14)16/h3-4,6-7,11,13,15H,2,5,8-10,17H2,1H3. The molecule has 1 aromatic rings. The van der Waals surface area contributed by atoms with Gasteiger partial charge in [0.15, 0.2) is 9.84 Å². The van der Waals surface area contributed by atoms with Crippen LogP contribution in [0.4, 0.5) is 0 Å². The van der Waals surface area contributed by atoms with Crippen LogP contribution in [0.15, 0.2) is 29.2 Å². The van der Waals surface area contributed by atoms with E-state index in [1.54, 1.807) is 24.3 Å². The summed E-state index contributed by atoms with van der Waals surface area (Å²) in [6.45, 7) is 2.13. The summed E-state index contributed by atoms with van der Waals surface area (Å²) in [6, 6.07) is 6.35. The monoisotopic (exact) mass is 315 g/mol. The molecule has 2 rings (SSSR count). The fourth-order valence-electron chi connectivity index (χ4n) is 3.10. The Hall–Kier alpha value is -0.580. The molecule has 1 aromatic carbocycles. The molecule has 0 spiro atoms. The van der Waals surface area contributed by atoms with Gasteiger partial charge in [-0.2, -0.15) is 0 Å². The first kappa shape index (κ1) is 15.8. The van der Waals surface area contributed by atoms with Gasteiger partial charge in [-0.1, -0.05) is 43.5 Å². The molecular formula is C15H22ClNO2S. The highest BCUT2D eigenvalue weighted by molar-refractivity contribution is 7.92. The van der Waals surface area contributed by atoms with Crippen molar-refractivity contribution in [2.24, 2.45) is 11.7 Å². The smallest absolute Gasteiger partial charge is 0.184 e. The molecule has 3 unspecified atom stereocenters. The second kappa shape index (κ2) is 6.46. The summed E-state index contributed by atoms with van der Waals surface area (Å²) in [5, 5.41) is -0.218. The summed E-state index contributed by atoms with van der Waals surface area (Å²) in [5.41, 5.74) is 6.09. The predicted octanol–water partition coefficient (Wildman–Crippen LogP) is 3.41. The van der Waals surface area contributed by atoms with Crippen molar-refractivity contribution in [1.82, 2.24) is 0 Å². The lowest BCUT2D eigenvalue weighted by Crippen LogP contribution is -2.45. The zero-order chi connectivity index (χ0) is 14.8. The number of benzene rings is 1. The van der Waals surface area contributed by atoms with Gasteiger partial charge in [0.25, 0.3) is 0 Å². The lowest BCUT2D eigenvalue weighted by atomic mass is 9.83. The van der Waals surface area contributed by atoms with E-state index < -0.39 is 15.1 Å². The van der Waals surface area contributed by atoms with E-state index in [0.717, 1.165) is 25.7 Å². The summed E-state index contributed by atoms with van der Waals surface area (Å²) < 4.78 is 25.6. The first-order valence-corrected chi connectivity index (χ1v) is 9.13. The molecule has 2 N–H and O–H groups in total. The molecule has 0 saturated heterocycles. The molecule has 3 atom stereocenters. The molecule has 20 heavy (non-hydrogen) atoms. The highest BCUT2D eigenvalue weighted by atomic mass is 35.5. The third-order valence-electron chi connectivity index (χ3n) is 4.19. The van der Waals surface area contributed by atoms with Crippen LogP contribution in [0.1, 0.15) is 39.0 Å². The molecular weight excluding hydrogens is 294 g/mol. The van der Waals surface area contributed by atoms with Gasteiger partial charge >= 0.3 is 0 Å². The van der Waals surface area contributed by atoms with Gasteiger partial charge in [0.05, 0.1) is 15.2 Å². The van der Waals surface area contributed by atoms with Crippen molar-refractivity contribution in [3.05, 3.63) is 29.3 Å². The van der Waals surface area contributed by atoms with Crippen molar-refractivity contribution < 1.29 is 8.42 Å². The zero-order valence-electron chi connectivity index (χ0n) is 11.8. The zero-order valence-corrected chi connectivity index (χ0v) is 13.3. The molecule has 1 fully saturated rings. The van der Waals surface area contributed by atoms with Gasteiger partial charge in [0.1, 0.15) is 0 Å². The number of halogens is 1. The van der Waals surface area contributed by atoms with Crippen LogP contribution < -0.4 is 5.73 Å². The van der Waals surface area contributed by atoms with Gasteiger partial charge in [0.2, 0.25) is 0 Å². The number of nitrogens with two attached hydrogens (primary N) is 1. The summed E-state index contributed by atoms with van der Waals surface area (Å²) in [7, 11) is -3.45. The molecule has 3 nitrogen and oxygen atoms in total. The molecule has 5 heteroatoms. The second-order valence-electron chi connectivity index (χ2n) is 5.65. The van der Waals surface area contributed by atoms with Gasteiger partial charge < -0.3 is 5.73 Å². The lowest BCUT2D eigenvalue weighted by Gasteiger charge is -2.33. The SMILES string of the molecule is CCCC1CCC(N)C(S(=O)(=O)c2ccccc2Cl)C1. The molecule has 0 bridgehead atoms. The van der Waals surface area contributed by atoms with Crippen molar-refractivity contribution >= 4 is 21.4 Å². The lowest BCUT2D eigenvalue weighted by molar-refractivity contribution is 0.309. The van der Waals surface area contributed by atoms with Crippen LogP contribution in [0.25, 0.3) is 0 Å². The second-order valence-corrected chi connectivity index (χ2v) is 8.19. The van der Waals surface area contributed by atoms with E-state index in [1.165, 1.54) is 0 Å². The Kier molecular flexibility index (Phi) is 5.10. The van der Waals surface area contributed by atoms with Crippen LogP contribution >= 0.6 is 11.6 Å². The Balaban J connectivity index is 2.30. The topological polar surface area (TPSA) is 60.2 Å². The van der Waals surface area contributed by atoms with Gasteiger partial charge in [-0.05, 0) is 37.3 Å². The van der Waals surface area contributed by atoms with Crippen LogP contribution in [0.3, 0.4) is 0 Å². The van der Waals surface area contributed by atoms with Crippen molar-refractivity contribution in [3.8, 4) is 0 Å². The molecule has 1 aliphatic carbocycles. The molecule has 1 saturated carbocycles. The van der Waals surface area contributed by atoms with E-state index in [4.69, 9.17) is 17.3 Å². The highest BCUT2D eigenvalue weighted by Crippen LogP contribution is 2.35. The fourth-order valence-corrected chi connectivity index (χ4v) is 5.62. The van der Waals surface area contributed by atoms with Crippen LogP contribution in [-0.2, 0) is 9.84 Å². The van der Waals surface area contributed by atoms with E-state index in [2.05, 4.69) is 6.92 Å². The Morgan fingerprint density at radius 1 is 1.30 bits per heavy atom. The quantitative estimate of drug-likeness (QED) is 0.926. The minimum Gasteiger partial charge on any atom is -0.327 e. The maximum Gasteiger partial charge on any atom is 0.184 e. The first-order valence-electron chi connectivity index (χ1n) is 7.20. The Morgan fingerprint density at radius 2 is 2.00 bits per heavy atom. The van der Waals surface area contributed by atoms with Crippen LogP contribution in [-0.4, -0.2) is 19.7 Å². The number of sulfone groups is 1. The first-order chi connectivity index (χ1) is 9.46. The fraction of sp³-hybridized carbons (Fsp3) is 0.600. The average Bonchev–Trinajstić information content (AvgIpc) is 2.41. The molecule has 112 valence electrons. The largest absolute Gasteiger partial charge is 0.327 e.